The van der Waals surface area contributed by atoms with E-state index >= 15 is 0 Å². The maximum atomic E-state index is 13.0. The van der Waals surface area contributed by atoms with Gasteiger partial charge in [-0.2, -0.15) is 0 Å². The van der Waals surface area contributed by atoms with Crippen LogP contribution in [0.3, 0.4) is 0 Å². The Labute approximate surface area is 169 Å². The van der Waals surface area contributed by atoms with Crippen molar-refractivity contribution in [2.45, 2.75) is 76.9 Å². The van der Waals surface area contributed by atoms with E-state index in [-0.39, 0.29) is 11.1 Å². The number of carbonyl (C=O) groups excluding carboxylic acids is 1. The molecule has 1 aromatic rings. The van der Waals surface area contributed by atoms with Gasteiger partial charge in [0.2, 0.25) is 5.91 Å². The topological polar surface area (TPSA) is 56.7 Å². The predicted octanol–water partition coefficient (Wildman–Crippen LogP) is 3.95. The maximum Gasteiger partial charge on any atom is 0.222 e. The molecule has 1 aromatic carbocycles. The Balaban J connectivity index is 1.57. The molecule has 1 atom stereocenters. The number of rotatable bonds is 2. The molecular weight excluding hydrogens is 348 g/mol. The largest absolute Gasteiger partial charge is 0.342 e. The highest BCUT2D eigenvalue weighted by molar-refractivity contribution is 6.04. The number of carbonyl (C=O) groups is 1. The van der Waals surface area contributed by atoms with Crippen molar-refractivity contribution in [1.82, 2.24) is 10.2 Å². The van der Waals surface area contributed by atoms with E-state index < -0.39 is 0 Å². The van der Waals surface area contributed by atoms with Crippen molar-refractivity contribution in [3.05, 3.63) is 29.8 Å². The van der Waals surface area contributed by atoms with Gasteiger partial charge in [-0.25, -0.2) is 0 Å². The van der Waals surface area contributed by atoms with Crippen molar-refractivity contribution in [2.75, 3.05) is 18.4 Å². The maximum absolute atomic E-state index is 13.0. The molecule has 152 valence electrons. The summed E-state index contributed by atoms with van der Waals surface area (Å²) in [6.45, 7) is 8.68. The Kier molecular flexibility index (Phi) is 5.21. The molecule has 5 nitrogen and oxygen atoms in total. The van der Waals surface area contributed by atoms with Gasteiger partial charge in [0.05, 0.1) is 11.1 Å². The van der Waals surface area contributed by atoms with Crippen LogP contribution in [0.15, 0.2) is 29.3 Å². The number of amidine groups is 1. The molecule has 2 heterocycles. The zero-order valence-electron chi connectivity index (χ0n) is 17.6. The summed E-state index contributed by atoms with van der Waals surface area (Å²) in [5.41, 5.74) is 1.89. The van der Waals surface area contributed by atoms with Crippen LogP contribution in [0.1, 0.15) is 64.9 Å². The van der Waals surface area contributed by atoms with Crippen LogP contribution in [0.4, 0.5) is 5.69 Å². The van der Waals surface area contributed by atoms with Crippen molar-refractivity contribution in [1.29, 1.82) is 0 Å². The molecule has 0 radical (unpaired) electrons. The summed E-state index contributed by atoms with van der Waals surface area (Å²) >= 11 is 0. The molecule has 2 aliphatic heterocycles. The summed E-state index contributed by atoms with van der Waals surface area (Å²) in [7, 11) is 0. The van der Waals surface area contributed by atoms with Gasteiger partial charge >= 0.3 is 0 Å². The zero-order valence-corrected chi connectivity index (χ0v) is 17.6. The lowest BCUT2D eigenvalue weighted by Crippen LogP contribution is -2.56. The second-order valence-corrected chi connectivity index (χ2v) is 9.77. The van der Waals surface area contributed by atoms with Gasteiger partial charge in [0.15, 0.2) is 0 Å². The molecule has 5 heteroatoms. The van der Waals surface area contributed by atoms with Gasteiger partial charge in [-0.15, -0.1) is 0 Å². The molecule has 1 unspecified atom stereocenters. The first-order valence-electron chi connectivity index (χ1n) is 10.8. The van der Waals surface area contributed by atoms with Crippen LogP contribution in [0.5, 0.6) is 0 Å². The molecule has 2 N–H and O–H groups in total. The van der Waals surface area contributed by atoms with Crippen LogP contribution in [-0.2, 0) is 11.3 Å². The van der Waals surface area contributed by atoms with E-state index in [1.165, 1.54) is 31.2 Å². The van der Waals surface area contributed by atoms with Gasteiger partial charge in [-0.3, -0.25) is 15.1 Å². The number of para-hydroxylation sites is 1. The van der Waals surface area contributed by atoms with Crippen molar-refractivity contribution in [2.24, 2.45) is 10.9 Å². The van der Waals surface area contributed by atoms with Crippen LogP contribution < -0.4 is 10.6 Å². The minimum absolute atomic E-state index is 0.183. The smallest absolute Gasteiger partial charge is 0.222 e. The first-order chi connectivity index (χ1) is 13.3. The summed E-state index contributed by atoms with van der Waals surface area (Å²) in [5.74, 6) is 1.89. The number of nitrogens with zero attached hydrogens (tertiary/aromatic N) is 2. The standard InChI is InChI=1S/C23H34N4O/c1-22(2,3)26-21-23(24-15-18-10-6-7-11-19(18)25-21)12-13-27(16-23)20(28)14-17-8-4-5-9-17/h6-7,10-11,17,24H,4-5,8-9,12-16H2,1-3H3,(H,25,26). The van der Waals surface area contributed by atoms with E-state index in [2.05, 4.69) is 60.6 Å². The molecule has 1 saturated heterocycles. The van der Waals surface area contributed by atoms with Crippen LogP contribution in [0.2, 0.25) is 0 Å². The number of benzene rings is 1. The van der Waals surface area contributed by atoms with Crippen LogP contribution in [0, 0.1) is 5.92 Å². The predicted molar refractivity (Wildman–Crippen MR) is 115 cm³/mol. The van der Waals surface area contributed by atoms with E-state index in [9.17, 15) is 4.79 Å². The fourth-order valence-electron chi connectivity index (χ4n) is 4.81. The SMILES string of the molecule is CC(C)(C)N=C1Nc2ccccc2CNC12CCN(C(=O)CC1CCCC1)C2. The average Bonchev–Trinajstić information content (AvgIpc) is 3.27. The average molecular weight is 383 g/mol. The summed E-state index contributed by atoms with van der Waals surface area (Å²) in [5, 5.41) is 7.41. The molecule has 0 aromatic heterocycles. The number of fused-ring (bicyclic) bond motifs is 1. The first kappa shape index (κ1) is 19.4. The third kappa shape index (κ3) is 4.09. The highest BCUT2D eigenvalue weighted by Crippen LogP contribution is 2.33. The number of aliphatic imine (C=N–C) groups is 1. The van der Waals surface area contributed by atoms with Crippen LogP contribution >= 0.6 is 0 Å². The molecule has 1 aliphatic carbocycles. The summed E-state index contributed by atoms with van der Waals surface area (Å²) in [6, 6.07) is 8.41. The van der Waals surface area contributed by atoms with Crippen LogP contribution in [-0.4, -0.2) is 40.8 Å². The van der Waals surface area contributed by atoms with Crippen molar-refractivity contribution < 1.29 is 4.79 Å². The highest BCUT2D eigenvalue weighted by atomic mass is 16.2. The normalized spacial score (nSPS) is 27.1. The lowest BCUT2D eigenvalue weighted by Gasteiger charge is -2.32. The molecule has 1 spiro atoms. The summed E-state index contributed by atoms with van der Waals surface area (Å²) in [4.78, 5) is 20.1. The molecule has 2 fully saturated rings. The van der Waals surface area contributed by atoms with Crippen LogP contribution in [0.25, 0.3) is 0 Å². The number of likely N-dealkylation sites (tertiary alicyclic amines) is 1. The zero-order chi connectivity index (χ0) is 19.8. The molecule has 28 heavy (non-hydrogen) atoms. The van der Waals surface area contributed by atoms with Crippen molar-refractivity contribution >= 4 is 17.4 Å². The molecule has 1 amide bonds. The van der Waals surface area contributed by atoms with Crippen molar-refractivity contribution in [3.8, 4) is 0 Å². The second-order valence-electron chi connectivity index (χ2n) is 9.77. The monoisotopic (exact) mass is 382 g/mol. The fraction of sp³-hybridized carbons (Fsp3) is 0.652. The van der Waals surface area contributed by atoms with E-state index in [4.69, 9.17) is 4.99 Å². The Bertz CT molecular complexity index is 760. The minimum atomic E-state index is -0.294. The number of amides is 1. The second kappa shape index (κ2) is 7.51. The lowest BCUT2D eigenvalue weighted by molar-refractivity contribution is -0.131. The molecular formula is C23H34N4O. The lowest BCUT2D eigenvalue weighted by atomic mass is 9.95. The minimum Gasteiger partial charge on any atom is -0.342 e. The van der Waals surface area contributed by atoms with Gasteiger partial charge in [0.1, 0.15) is 5.84 Å². The number of hydrogen-bond acceptors (Lipinski definition) is 3. The van der Waals surface area contributed by atoms with E-state index in [1.54, 1.807) is 0 Å². The molecule has 3 aliphatic rings. The first-order valence-corrected chi connectivity index (χ1v) is 10.8. The molecule has 1 saturated carbocycles. The van der Waals surface area contributed by atoms with Gasteiger partial charge in [0, 0.05) is 31.7 Å². The third-order valence-electron chi connectivity index (χ3n) is 6.35. The van der Waals surface area contributed by atoms with Gasteiger partial charge in [0.25, 0.3) is 0 Å². The van der Waals surface area contributed by atoms with Gasteiger partial charge < -0.3 is 10.2 Å². The van der Waals surface area contributed by atoms with E-state index in [1.807, 2.05) is 0 Å². The summed E-state index contributed by atoms with van der Waals surface area (Å²) < 4.78 is 0. The summed E-state index contributed by atoms with van der Waals surface area (Å²) in [6.07, 6.45) is 6.63. The van der Waals surface area contributed by atoms with Gasteiger partial charge in [-0.1, -0.05) is 31.0 Å². The Morgan fingerprint density at radius 2 is 2.00 bits per heavy atom. The Morgan fingerprint density at radius 3 is 2.75 bits per heavy atom. The fourth-order valence-corrected chi connectivity index (χ4v) is 4.81. The highest BCUT2D eigenvalue weighted by Gasteiger charge is 2.46. The third-order valence-corrected chi connectivity index (χ3v) is 6.35. The number of hydrogen-bond donors (Lipinski definition) is 2. The van der Waals surface area contributed by atoms with Crippen molar-refractivity contribution in [3.63, 3.8) is 0 Å². The molecule has 0 bridgehead atoms. The van der Waals surface area contributed by atoms with E-state index in [0.717, 1.165) is 37.5 Å². The van der Waals surface area contributed by atoms with Gasteiger partial charge in [-0.05, 0) is 57.6 Å². The quantitative estimate of drug-likeness (QED) is 0.814. The Morgan fingerprint density at radius 1 is 1.25 bits per heavy atom. The number of anilines is 1. The Hall–Kier alpha value is -1.88. The van der Waals surface area contributed by atoms with E-state index in [0.29, 0.717) is 18.4 Å². The number of nitrogens with one attached hydrogen (secondary N) is 2. The molecule has 4 rings (SSSR count).